The van der Waals surface area contributed by atoms with Crippen LogP contribution in [0.4, 0.5) is 5.82 Å². The van der Waals surface area contributed by atoms with E-state index in [1.807, 2.05) is 6.07 Å². The second-order valence-electron chi connectivity index (χ2n) is 5.62. The van der Waals surface area contributed by atoms with Crippen molar-refractivity contribution in [3.8, 4) is 0 Å². The highest BCUT2D eigenvalue weighted by molar-refractivity contribution is 9.10. The van der Waals surface area contributed by atoms with Crippen LogP contribution in [0.3, 0.4) is 0 Å². The molecule has 4 nitrogen and oxygen atoms in total. The lowest BCUT2D eigenvalue weighted by atomic mass is 10.0. The van der Waals surface area contributed by atoms with Crippen LogP contribution in [0.25, 0.3) is 0 Å². The minimum absolute atomic E-state index is 0.721. The zero-order valence-corrected chi connectivity index (χ0v) is 13.6. The molecule has 2 aliphatic heterocycles. The molecule has 110 valence electrons. The fourth-order valence-corrected chi connectivity index (χ4v) is 3.60. The molecular weight excluding hydrogens is 318 g/mol. The Kier molecular flexibility index (Phi) is 4.58. The van der Waals surface area contributed by atoms with Gasteiger partial charge in [-0.15, -0.1) is 0 Å². The molecule has 20 heavy (non-hydrogen) atoms. The number of anilines is 1. The van der Waals surface area contributed by atoms with E-state index in [-0.39, 0.29) is 0 Å². The standard InChI is InChI=1S/C15H22BrN3O/c1-12-2-3-14(16)15(17-12)19-6-4-13(5-7-19)18-8-10-20-11-9-18/h2-3,13H,4-11H2,1H3. The third-order valence-corrected chi connectivity index (χ3v) is 4.91. The van der Waals surface area contributed by atoms with Crippen LogP contribution in [0.5, 0.6) is 0 Å². The summed E-state index contributed by atoms with van der Waals surface area (Å²) in [6.45, 7) is 8.22. The Labute approximate surface area is 129 Å². The number of nitrogens with zero attached hydrogens (tertiary/aromatic N) is 3. The van der Waals surface area contributed by atoms with Crippen LogP contribution in [0.1, 0.15) is 18.5 Å². The highest BCUT2D eigenvalue weighted by Gasteiger charge is 2.26. The average Bonchev–Trinajstić information content (AvgIpc) is 2.51. The molecule has 0 bridgehead atoms. The molecule has 5 heteroatoms. The van der Waals surface area contributed by atoms with Crippen molar-refractivity contribution in [1.82, 2.24) is 9.88 Å². The van der Waals surface area contributed by atoms with Gasteiger partial charge in [-0.1, -0.05) is 0 Å². The minimum atomic E-state index is 0.721. The van der Waals surface area contributed by atoms with Crippen molar-refractivity contribution in [2.75, 3.05) is 44.3 Å². The number of rotatable bonds is 2. The molecule has 0 N–H and O–H groups in total. The Balaban J connectivity index is 1.61. The van der Waals surface area contributed by atoms with E-state index >= 15 is 0 Å². The quantitative estimate of drug-likeness (QED) is 0.827. The molecule has 3 heterocycles. The molecule has 0 spiro atoms. The summed E-state index contributed by atoms with van der Waals surface area (Å²) in [5.74, 6) is 1.10. The number of aromatic nitrogens is 1. The average molecular weight is 340 g/mol. The van der Waals surface area contributed by atoms with Crippen molar-refractivity contribution < 1.29 is 4.74 Å². The zero-order valence-electron chi connectivity index (χ0n) is 12.0. The first-order chi connectivity index (χ1) is 9.74. The number of aryl methyl sites for hydroxylation is 1. The van der Waals surface area contributed by atoms with Gasteiger partial charge in [-0.2, -0.15) is 0 Å². The van der Waals surface area contributed by atoms with Crippen molar-refractivity contribution in [1.29, 1.82) is 0 Å². The second-order valence-corrected chi connectivity index (χ2v) is 6.48. The molecule has 1 aromatic rings. The number of ether oxygens (including phenoxy) is 1. The molecule has 0 aliphatic carbocycles. The largest absolute Gasteiger partial charge is 0.379 e. The minimum Gasteiger partial charge on any atom is -0.379 e. The first-order valence-corrected chi connectivity index (χ1v) is 8.23. The van der Waals surface area contributed by atoms with E-state index in [0.717, 1.165) is 61.4 Å². The van der Waals surface area contributed by atoms with Crippen LogP contribution in [0, 0.1) is 6.92 Å². The van der Waals surface area contributed by atoms with Crippen molar-refractivity contribution in [3.63, 3.8) is 0 Å². The van der Waals surface area contributed by atoms with Gasteiger partial charge in [-0.3, -0.25) is 4.90 Å². The van der Waals surface area contributed by atoms with Gasteiger partial charge >= 0.3 is 0 Å². The third kappa shape index (κ3) is 3.15. The number of piperidine rings is 1. The molecule has 0 saturated carbocycles. The predicted molar refractivity (Wildman–Crippen MR) is 84.3 cm³/mol. The molecule has 0 radical (unpaired) electrons. The highest BCUT2D eigenvalue weighted by Crippen LogP contribution is 2.28. The van der Waals surface area contributed by atoms with Crippen LogP contribution in [0.15, 0.2) is 16.6 Å². The maximum atomic E-state index is 5.44. The van der Waals surface area contributed by atoms with Crippen LogP contribution < -0.4 is 4.90 Å². The topological polar surface area (TPSA) is 28.6 Å². The molecule has 2 fully saturated rings. The maximum absolute atomic E-state index is 5.44. The normalized spacial score (nSPS) is 22.2. The van der Waals surface area contributed by atoms with Gasteiger partial charge < -0.3 is 9.64 Å². The molecule has 0 amide bonds. The first-order valence-electron chi connectivity index (χ1n) is 7.44. The van der Waals surface area contributed by atoms with Gasteiger partial charge in [-0.05, 0) is 47.8 Å². The Morgan fingerprint density at radius 1 is 1.15 bits per heavy atom. The van der Waals surface area contributed by atoms with Gasteiger partial charge in [0.15, 0.2) is 0 Å². The number of hydrogen-bond acceptors (Lipinski definition) is 4. The summed E-state index contributed by atoms with van der Waals surface area (Å²) in [6.07, 6.45) is 2.45. The second kappa shape index (κ2) is 6.41. The summed E-state index contributed by atoms with van der Waals surface area (Å²) >= 11 is 3.63. The van der Waals surface area contributed by atoms with Crippen molar-refractivity contribution >= 4 is 21.7 Å². The van der Waals surface area contributed by atoms with E-state index in [1.165, 1.54) is 12.8 Å². The Bertz CT molecular complexity index is 454. The molecule has 0 atom stereocenters. The van der Waals surface area contributed by atoms with Gasteiger partial charge in [0.25, 0.3) is 0 Å². The zero-order chi connectivity index (χ0) is 13.9. The fraction of sp³-hybridized carbons (Fsp3) is 0.667. The number of halogens is 1. The van der Waals surface area contributed by atoms with E-state index in [1.54, 1.807) is 0 Å². The van der Waals surface area contributed by atoms with Crippen molar-refractivity contribution in [2.24, 2.45) is 0 Å². The number of hydrogen-bond donors (Lipinski definition) is 0. The van der Waals surface area contributed by atoms with Gasteiger partial charge in [0, 0.05) is 37.9 Å². The number of pyridine rings is 1. The fourth-order valence-electron chi connectivity index (χ4n) is 3.13. The van der Waals surface area contributed by atoms with E-state index in [2.05, 4.69) is 43.7 Å². The molecule has 0 aromatic carbocycles. The number of morpholine rings is 1. The summed E-state index contributed by atoms with van der Waals surface area (Å²) < 4.78 is 6.55. The SMILES string of the molecule is Cc1ccc(Br)c(N2CCC(N3CCOCC3)CC2)n1. The lowest BCUT2D eigenvalue weighted by molar-refractivity contribution is 0.0114. The van der Waals surface area contributed by atoms with E-state index in [4.69, 9.17) is 4.74 Å². The summed E-state index contributed by atoms with van der Waals surface area (Å²) in [7, 11) is 0. The van der Waals surface area contributed by atoms with Crippen molar-refractivity contribution in [3.05, 3.63) is 22.3 Å². The highest BCUT2D eigenvalue weighted by atomic mass is 79.9. The molecule has 1 aromatic heterocycles. The van der Waals surface area contributed by atoms with Gasteiger partial charge in [-0.25, -0.2) is 4.98 Å². The molecular formula is C15H22BrN3O. The Morgan fingerprint density at radius 3 is 2.55 bits per heavy atom. The Morgan fingerprint density at radius 2 is 1.85 bits per heavy atom. The van der Waals surface area contributed by atoms with E-state index < -0.39 is 0 Å². The summed E-state index contributed by atoms with van der Waals surface area (Å²) in [6, 6.07) is 4.87. The molecule has 2 aliphatic rings. The van der Waals surface area contributed by atoms with Crippen LogP contribution >= 0.6 is 15.9 Å². The van der Waals surface area contributed by atoms with Gasteiger partial charge in [0.2, 0.25) is 0 Å². The smallest absolute Gasteiger partial charge is 0.143 e. The molecule has 0 unspecified atom stereocenters. The van der Waals surface area contributed by atoms with Crippen LogP contribution in [0.2, 0.25) is 0 Å². The van der Waals surface area contributed by atoms with Crippen LogP contribution in [-0.4, -0.2) is 55.3 Å². The molecule has 2 saturated heterocycles. The van der Waals surface area contributed by atoms with E-state index in [0.29, 0.717) is 0 Å². The molecule has 3 rings (SSSR count). The lowest BCUT2D eigenvalue weighted by Crippen LogP contribution is -2.49. The Hall–Kier alpha value is -0.650. The maximum Gasteiger partial charge on any atom is 0.143 e. The van der Waals surface area contributed by atoms with E-state index in [9.17, 15) is 0 Å². The first kappa shape index (κ1) is 14.3. The summed E-state index contributed by atoms with van der Waals surface area (Å²) in [4.78, 5) is 9.69. The third-order valence-electron chi connectivity index (χ3n) is 4.29. The summed E-state index contributed by atoms with van der Waals surface area (Å²) in [5, 5.41) is 0. The summed E-state index contributed by atoms with van der Waals surface area (Å²) in [5.41, 5.74) is 1.08. The lowest BCUT2D eigenvalue weighted by Gasteiger charge is -2.40. The van der Waals surface area contributed by atoms with Crippen LogP contribution in [-0.2, 0) is 4.74 Å². The monoisotopic (exact) mass is 339 g/mol. The van der Waals surface area contributed by atoms with Gasteiger partial charge in [0.1, 0.15) is 5.82 Å². The van der Waals surface area contributed by atoms with Crippen molar-refractivity contribution in [2.45, 2.75) is 25.8 Å². The van der Waals surface area contributed by atoms with Gasteiger partial charge in [0.05, 0.1) is 17.7 Å². The predicted octanol–water partition coefficient (Wildman–Crippen LogP) is 2.45.